The Morgan fingerprint density at radius 1 is 1.00 bits per heavy atom. The Bertz CT molecular complexity index is 1210. The first-order chi connectivity index (χ1) is 18.5. The van der Waals surface area contributed by atoms with Gasteiger partial charge in [0.2, 0.25) is 5.91 Å². The number of Topliss-reactive ketones (excluding diaryl/α,β-unsaturated/α-hetero) is 2. The third kappa shape index (κ3) is 8.95. The molecule has 4 atom stereocenters. The molecule has 0 aromatic heterocycles. The van der Waals surface area contributed by atoms with E-state index in [9.17, 15) is 34.2 Å². The van der Waals surface area contributed by atoms with E-state index in [4.69, 9.17) is 4.74 Å². The van der Waals surface area contributed by atoms with Crippen molar-refractivity contribution < 1.29 is 38.9 Å². The summed E-state index contributed by atoms with van der Waals surface area (Å²) in [6, 6.07) is 13.2. The number of carbonyl (C=O) groups excluding carboxylic acids is 3. The first-order valence-electron chi connectivity index (χ1n) is 12.8. The van der Waals surface area contributed by atoms with Crippen molar-refractivity contribution >= 4 is 42.0 Å². The van der Waals surface area contributed by atoms with E-state index in [1.807, 2.05) is 12.1 Å². The SMILES string of the molecule is C[C@H]1Cc2ccc(cc2)Oc2cccc(c2)C[C@@H](C(=O)C[C@@H](CS)C(=O)O)NC(=O)[C@H](CCC(=O)O)CC1=O. The quantitative estimate of drug-likeness (QED) is 0.360. The molecule has 0 spiro atoms. The first-order valence-corrected chi connectivity index (χ1v) is 13.5. The van der Waals surface area contributed by atoms with Gasteiger partial charge in [-0.25, -0.2) is 0 Å². The normalized spacial score (nSPS) is 20.8. The molecule has 1 amide bonds. The van der Waals surface area contributed by atoms with Crippen LogP contribution in [0.2, 0.25) is 0 Å². The molecule has 4 bridgehead atoms. The predicted molar refractivity (Wildman–Crippen MR) is 146 cm³/mol. The van der Waals surface area contributed by atoms with Crippen molar-refractivity contribution in [3.8, 4) is 11.5 Å². The van der Waals surface area contributed by atoms with Gasteiger partial charge >= 0.3 is 11.9 Å². The fourth-order valence-corrected chi connectivity index (χ4v) is 4.77. The van der Waals surface area contributed by atoms with Crippen LogP contribution in [0.3, 0.4) is 0 Å². The largest absolute Gasteiger partial charge is 0.481 e. The number of carboxylic acids is 2. The van der Waals surface area contributed by atoms with Gasteiger partial charge in [-0.05, 0) is 54.7 Å². The Balaban J connectivity index is 1.99. The Morgan fingerprint density at radius 2 is 1.72 bits per heavy atom. The molecule has 0 aliphatic carbocycles. The average molecular weight is 556 g/mol. The number of ketones is 2. The van der Waals surface area contributed by atoms with Gasteiger partial charge in [-0.1, -0.05) is 31.2 Å². The van der Waals surface area contributed by atoms with Crippen LogP contribution in [0.25, 0.3) is 0 Å². The molecular weight excluding hydrogens is 522 g/mol. The number of nitrogens with one attached hydrogen (secondary N) is 1. The number of carbonyl (C=O) groups is 5. The average Bonchev–Trinajstić information content (AvgIpc) is 2.89. The number of benzene rings is 2. The minimum atomic E-state index is -1.17. The molecule has 0 saturated heterocycles. The summed E-state index contributed by atoms with van der Waals surface area (Å²) in [7, 11) is 0. The number of fused-ring (bicyclic) bond motifs is 10. The molecule has 2 aliphatic rings. The van der Waals surface area contributed by atoms with Crippen LogP contribution >= 0.6 is 12.6 Å². The Labute approximate surface area is 232 Å². The highest BCUT2D eigenvalue weighted by atomic mass is 32.1. The van der Waals surface area contributed by atoms with Gasteiger partial charge in [0.25, 0.3) is 0 Å². The highest BCUT2D eigenvalue weighted by Gasteiger charge is 2.31. The van der Waals surface area contributed by atoms with Crippen molar-refractivity contribution in [3.05, 3.63) is 59.7 Å². The molecule has 4 rings (SSSR count). The van der Waals surface area contributed by atoms with Crippen molar-refractivity contribution in [1.82, 2.24) is 5.32 Å². The van der Waals surface area contributed by atoms with Crippen LogP contribution in [0.4, 0.5) is 0 Å². The third-order valence-corrected chi connectivity index (χ3v) is 7.28. The molecule has 2 heterocycles. The van der Waals surface area contributed by atoms with Gasteiger partial charge in [-0.3, -0.25) is 24.0 Å². The van der Waals surface area contributed by atoms with Crippen LogP contribution in [-0.2, 0) is 36.8 Å². The van der Waals surface area contributed by atoms with E-state index in [2.05, 4.69) is 17.9 Å². The number of hydrogen-bond acceptors (Lipinski definition) is 7. The van der Waals surface area contributed by atoms with Crippen LogP contribution in [0, 0.1) is 17.8 Å². The number of amides is 1. The number of hydrogen-bond donors (Lipinski definition) is 4. The molecule has 9 nitrogen and oxygen atoms in total. The van der Waals surface area contributed by atoms with Gasteiger partial charge in [-0.2, -0.15) is 12.6 Å². The molecule has 3 N–H and O–H groups in total. The maximum atomic E-state index is 13.4. The lowest BCUT2D eigenvalue weighted by Gasteiger charge is -2.23. The molecule has 2 aliphatic heterocycles. The maximum absolute atomic E-state index is 13.4. The summed E-state index contributed by atoms with van der Waals surface area (Å²) >= 11 is 4.04. The van der Waals surface area contributed by atoms with Gasteiger partial charge < -0.3 is 20.3 Å². The molecule has 2 aromatic rings. The fourth-order valence-electron chi connectivity index (χ4n) is 4.49. The molecule has 2 aromatic carbocycles. The molecule has 0 saturated carbocycles. The summed E-state index contributed by atoms with van der Waals surface area (Å²) in [5.41, 5.74) is 1.58. The Hall–Kier alpha value is -3.66. The standard InChI is InChI=1S/C29H33NO8S/c1-17-11-18-5-8-22(9-6-18)38-23-4-2-3-19(12-23)13-24(26(32)15-21(16-39)29(36)37)30-28(35)20(14-25(17)31)7-10-27(33)34/h2-6,8-9,12,17,20-21,24,39H,7,10-11,13-16H2,1H3,(H,30,35)(H,33,34)(H,36,37)/t17-,20+,21-,24-/m0/s1. The first kappa shape index (κ1) is 29.9. The number of rotatable bonds is 8. The summed E-state index contributed by atoms with van der Waals surface area (Å²) < 4.78 is 5.96. The monoisotopic (exact) mass is 555 g/mol. The lowest BCUT2D eigenvalue weighted by atomic mass is 9.88. The lowest BCUT2D eigenvalue weighted by Crippen LogP contribution is -2.46. The van der Waals surface area contributed by atoms with Gasteiger partial charge in [-0.15, -0.1) is 0 Å². The van der Waals surface area contributed by atoms with Crippen molar-refractivity contribution in [2.24, 2.45) is 17.8 Å². The second-order valence-corrected chi connectivity index (χ2v) is 10.3. The van der Waals surface area contributed by atoms with E-state index in [-0.39, 0.29) is 43.6 Å². The highest BCUT2D eigenvalue weighted by Crippen LogP contribution is 2.26. The molecule has 0 radical (unpaired) electrons. The van der Waals surface area contributed by atoms with Crippen LogP contribution in [0.15, 0.2) is 48.5 Å². The molecular formula is C29H33NO8S. The molecule has 10 heteroatoms. The van der Waals surface area contributed by atoms with E-state index >= 15 is 0 Å². The summed E-state index contributed by atoms with van der Waals surface area (Å²) in [4.78, 5) is 62.5. The lowest BCUT2D eigenvalue weighted by molar-refractivity contribution is -0.143. The molecule has 39 heavy (non-hydrogen) atoms. The number of thiol groups is 1. The summed E-state index contributed by atoms with van der Waals surface area (Å²) in [6.07, 6.45) is -0.431. The number of carboxylic acid groups (broad SMARTS) is 2. The van der Waals surface area contributed by atoms with E-state index < -0.39 is 47.4 Å². The maximum Gasteiger partial charge on any atom is 0.307 e. The second-order valence-electron chi connectivity index (χ2n) is 9.95. The third-order valence-electron chi connectivity index (χ3n) is 6.84. The zero-order chi connectivity index (χ0) is 28.5. The predicted octanol–water partition coefficient (Wildman–Crippen LogP) is 3.73. The minimum Gasteiger partial charge on any atom is -0.481 e. The Morgan fingerprint density at radius 3 is 2.36 bits per heavy atom. The van der Waals surface area contributed by atoms with E-state index in [1.54, 1.807) is 43.3 Å². The fraction of sp³-hybridized carbons (Fsp3) is 0.414. The molecule has 0 unspecified atom stereocenters. The van der Waals surface area contributed by atoms with E-state index in [1.165, 1.54) is 0 Å². The number of ether oxygens (including phenoxy) is 1. The van der Waals surface area contributed by atoms with E-state index in [0.29, 0.717) is 23.5 Å². The number of aliphatic carboxylic acids is 2. The van der Waals surface area contributed by atoms with Gasteiger partial charge in [0.05, 0.1) is 12.0 Å². The summed E-state index contributed by atoms with van der Waals surface area (Å²) in [5, 5.41) is 21.3. The zero-order valence-electron chi connectivity index (χ0n) is 21.7. The summed E-state index contributed by atoms with van der Waals surface area (Å²) in [6.45, 7) is 1.76. The molecule has 208 valence electrons. The van der Waals surface area contributed by atoms with Crippen LogP contribution < -0.4 is 10.1 Å². The topological polar surface area (TPSA) is 147 Å². The van der Waals surface area contributed by atoms with Gasteiger partial charge in [0.1, 0.15) is 17.3 Å². The van der Waals surface area contributed by atoms with Crippen LogP contribution in [0.5, 0.6) is 11.5 Å². The van der Waals surface area contributed by atoms with Crippen molar-refractivity contribution in [2.45, 2.75) is 51.5 Å². The van der Waals surface area contributed by atoms with Gasteiger partial charge in [0, 0.05) is 36.9 Å². The van der Waals surface area contributed by atoms with Crippen LogP contribution in [0.1, 0.15) is 43.7 Å². The summed E-state index contributed by atoms with van der Waals surface area (Å²) in [5.74, 6) is -4.96. The smallest absolute Gasteiger partial charge is 0.307 e. The second kappa shape index (κ2) is 13.9. The Kier molecular flexibility index (Phi) is 10.7. The van der Waals surface area contributed by atoms with Gasteiger partial charge in [0.15, 0.2) is 5.78 Å². The minimum absolute atomic E-state index is 0.0512. The van der Waals surface area contributed by atoms with Crippen molar-refractivity contribution in [2.75, 3.05) is 5.75 Å². The van der Waals surface area contributed by atoms with Crippen LogP contribution in [-0.4, -0.2) is 51.4 Å². The van der Waals surface area contributed by atoms with Crippen molar-refractivity contribution in [3.63, 3.8) is 0 Å². The zero-order valence-corrected chi connectivity index (χ0v) is 22.6. The highest BCUT2D eigenvalue weighted by molar-refractivity contribution is 7.80. The molecule has 0 fully saturated rings. The van der Waals surface area contributed by atoms with E-state index in [0.717, 1.165) is 5.56 Å². The van der Waals surface area contributed by atoms with Crippen molar-refractivity contribution in [1.29, 1.82) is 0 Å².